The Morgan fingerprint density at radius 1 is 1.50 bits per heavy atom. The maximum absolute atomic E-state index is 8.82. The van der Waals surface area contributed by atoms with Gasteiger partial charge in [0.15, 0.2) is 0 Å². The van der Waals surface area contributed by atoms with Crippen LogP contribution in [-0.2, 0) is 0 Å². The number of rotatable bonds is 7. The molecule has 0 aromatic rings. The Morgan fingerprint density at radius 2 is 2.14 bits per heavy atom. The van der Waals surface area contributed by atoms with Crippen molar-refractivity contribution in [3.63, 3.8) is 0 Å². The maximum atomic E-state index is 8.82. The number of nitriles is 1. The van der Waals surface area contributed by atoms with Gasteiger partial charge in [0.1, 0.15) is 0 Å². The zero-order chi connectivity index (χ0) is 11.0. The number of thioether (sulfide) groups is 1. The Kier molecular flexibility index (Phi) is 7.04. The van der Waals surface area contributed by atoms with E-state index in [0.717, 1.165) is 13.0 Å². The highest BCUT2D eigenvalue weighted by atomic mass is 32.2. The maximum Gasteiger partial charge on any atom is 0.0684 e. The average Bonchev–Trinajstić information content (AvgIpc) is 2.14. The van der Waals surface area contributed by atoms with Gasteiger partial charge in [0.2, 0.25) is 0 Å². The summed E-state index contributed by atoms with van der Waals surface area (Å²) in [6.45, 7) is 7.12. The van der Waals surface area contributed by atoms with E-state index in [0.29, 0.717) is 6.04 Å². The standard InChI is InChI=1S/C11H22N2S/c1-10(5-8-14-4)13-7-6-11(2,3)9-12/h10,13H,5-8H2,1-4H3. The van der Waals surface area contributed by atoms with E-state index in [1.54, 1.807) is 0 Å². The smallest absolute Gasteiger partial charge is 0.0684 e. The first-order chi connectivity index (χ1) is 6.52. The topological polar surface area (TPSA) is 35.8 Å². The summed E-state index contributed by atoms with van der Waals surface area (Å²) >= 11 is 1.88. The van der Waals surface area contributed by atoms with Gasteiger partial charge in [-0.3, -0.25) is 0 Å². The number of nitrogens with zero attached hydrogens (tertiary/aromatic N) is 1. The SMILES string of the molecule is CSCCC(C)NCCC(C)(C)C#N. The van der Waals surface area contributed by atoms with Crippen LogP contribution in [0.1, 0.15) is 33.6 Å². The van der Waals surface area contributed by atoms with Gasteiger partial charge in [0, 0.05) is 6.04 Å². The van der Waals surface area contributed by atoms with Crippen LogP contribution in [0.25, 0.3) is 0 Å². The van der Waals surface area contributed by atoms with E-state index in [4.69, 9.17) is 5.26 Å². The molecule has 0 spiro atoms. The molecule has 0 heterocycles. The summed E-state index contributed by atoms with van der Waals surface area (Å²) < 4.78 is 0. The summed E-state index contributed by atoms with van der Waals surface area (Å²) in [5, 5.41) is 12.3. The van der Waals surface area contributed by atoms with Crippen molar-refractivity contribution in [1.29, 1.82) is 5.26 Å². The van der Waals surface area contributed by atoms with Crippen molar-refractivity contribution in [3.8, 4) is 6.07 Å². The normalized spacial score (nSPS) is 13.6. The summed E-state index contributed by atoms with van der Waals surface area (Å²) in [5.74, 6) is 1.20. The molecule has 14 heavy (non-hydrogen) atoms. The van der Waals surface area contributed by atoms with Gasteiger partial charge in [-0.25, -0.2) is 0 Å². The number of hydrogen-bond donors (Lipinski definition) is 1. The minimum atomic E-state index is -0.188. The van der Waals surface area contributed by atoms with E-state index >= 15 is 0 Å². The van der Waals surface area contributed by atoms with E-state index in [9.17, 15) is 0 Å². The molecule has 0 aliphatic rings. The lowest BCUT2D eigenvalue weighted by atomic mass is 9.91. The molecule has 0 aliphatic heterocycles. The van der Waals surface area contributed by atoms with Crippen LogP contribution in [0.5, 0.6) is 0 Å². The predicted molar refractivity (Wildman–Crippen MR) is 64.5 cm³/mol. The molecule has 3 heteroatoms. The van der Waals surface area contributed by atoms with E-state index in [1.165, 1.54) is 12.2 Å². The molecular formula is C11H22N2S. The first-order valence-corrected chi connectivity index (χ1v) is 6.55. The molecule has 2 nitrogen and oxygen atoms in total. The zero-order valence-electron chi connectivity index (χ0n) is 9.76. The van der Waals surface area contributed by atoms with Gasteiger partial charge in [0.25, 0.3) is 0 Å². The van der Waals surface area contributed by atoms with Crippen LogP contribution in [-0.4, -0.2) is 24.6 Å². The minimum Gasteiger partial charge on any atom is -0.314 e. The first kappa shape index (κ1) is 13.8. The van der Waals surface area contributed by atoms with Gasteiger partial charge >= 0.3 is 0 Å². The molecule has 0 radical (unpaired) electrons. The van der Waals surface area contributed by atoms with E-state index in [-0.39, 0.29) is 5.41 Å². The third-order valence-corrected chi connectivity index (χ3v) is 2.94. The lowest BCUT2D eigenvalue weighted by Gasteiger charge is -2.18. The van der Waals surface area contributed by atoms with Crippen molar-refractivity contribution in [2.75, 3.05) is 18.6 Å². The lowest BCUT2D eigenvalue weighted by Crippen LogP contribution is -2.30. The molecular weight excluding hydrogens is 192 g/mol. The van der Waals surface area contributed by atoms with Crippen LogP contribution in [0.2, 0.25) is 0 Å². The van der Waals surface area contributed by atoms with Crippen molar-refractivity contribution in [2.24, 2.45) is 5.41 Å². The summed E-state index contributed by atoms with van der Waals surface area (Å²) in [6.07, 6.45) is 4.26. The second-order valence-corrected chi connectivity index (χ2v) is 5.37. The van der Waals surface area contributed by atoms with Crippen LogP contribution < -0.4 is 5.32 Å². The molecule has 1 atom stereocenters. The highest BCUT2D eigenvalue weighted by molar-refractivity contribution is 7.98. The van der Waals surface area contributed by atoms with Crippen molar-refractivity contribution in [3.05, 3.63) is 0 Å². The molecule has 0 amide bonds. The lowest BCUT2D eigenvalue weighted by molar-refractivity contribution is 0.411. The molecule has 0 fully saturated rings. The summed E-state index contributed by atoms with van der Waals surface area (Å²) in [6, 6.07) is 2.88. The predicted octanol–water partition coefficient (Wildman–Crippen LogP) is 2.66. The fourth-order valence-corrected chi connectivity index (χ4v) is 1.67. The highest BCUT2D eigenvalue weighted by Gasteiger charge is 2.15. The molecule has 0 bridgehead atoms. The Morgan fingerprint density at radius 3 is 2.64 bits per heavy atom. The fourth-order valence-electron chi connectivity index (χ4n) is 1.08. The Bertz CT molecular complexity index is 184. The number of hydrogen-bond acceptors (Lipinski definition) is 3. The molecule has 0 aromatic carbocycles. The van der Waals surface area contributed by atoms with E-state index in [1.807, 2.05) is 25.6 Å². The monoisotopic (exact) mass is 214 g/mol. The van der Waals surface area contributed by atoms with Gasteiger partial charge in [-0.1, -0.05) is 0 Å². The Hall–Kier alpha value is -0.200. The Labute approximate surface area is 92.5 Å². The highest BCUT2D eigenvalue weighted by Crippen LogP contribution is 2.17. The van der Waals surface area contributed by atoms with E-state index in [2.05, 4.69) is 24.6 Å². The molecule has 1 unspecified atom stereocenters. The average molecular weight is 214 g/mol. The molecule has 0 aliphatic carbocycles. The quantitative estimate of drug-likeness (QED) is 0.708. The molecule has 0 rings (SSSR count). The minimum absolute atomic E-state index is 0.188. The van der Waals surface area contributed by atoms with Gasteiger partial charge in [-0.05, 0) is 52.2 Å². The van der Waals surface area contributed by atoms with Crippen LogP contribution in [0.3, 0.4) is 0 Å². The molecule has 0 saturated heterocycles. The summed E-state index contributed by atoms with van der Waals surface area (Å²) in [7, 11) is 0. The van der Waals surface area contributed by atoms with Gasteiger partial charge in [0.05, 0.1) is 11.5 Å². The van der Waals surface area contributed by atoms with Gasteiger partial charge in [-0.2, -0.15) is 17.0 Å². The molecule has 0 saturated carbocycles. The van der Waals surface area contributed by atoms with E-state index < -0.39 is 0 Å². The Balaban J connectivity index is 3.50. The molecule has 0 aromatic heterocycles. The van der Waals surface area contributed by atoms with Crippen LogP contribution in [0, 0.1) is 16.7 Å². The van der Waals surface area contributed by atoms with Crippen molar-refractivity contribution < 1.29 is 0 Å². The largest absolute Gasteiger partial charge is 0.314 e. The third-order valence-electron chi connectivity index (χ3n) is 2.30. The molecule has 82 valence electrons. The van der Waals surface area contributed by atoms with Crippen LogP contribution in [0.4, 0.5) is 0 Å². The second kappa shape index (κ2) is 7.14. The van der Waals surface area contributed by atoms with Crippen molar-refractivity contribution in [2.45, 2.75) is 39.7 Å². The van der Waals surface area contributed by atoms with Crippen molar-refractivity contribution >= 4 is 11.8 Å². The first-order valence-electron chi connectivity index (χ1n) is 5.15. The number of nitrogens with one attached hydrogen (secondary N) is 1. The second-order valence-electron chi connectivity index (χ2n) is 4.38. The van der Waals surface area contributed by atoms with Crippen LogP contribution in [0.15, 0.2) is 0 Å². The van der Waals surface area contributed by atoms with Crippen LogP contribution >= 0.6 is 11.8 Å². The molecule has 1 N–H and O–H groups in total. The van der Waals surface area contributed by atoms with Gasteiger partial charge in [-0.15, -0.1) is 0 Å². The van der Waals surface area contributed by atoms with Gasteiger partial charge < -0.3 is 5.32 Å². The summed E-state index contributed by atoms with van der Waals surface area (Å²) in [5.41, 5.74) is -0.188. The zero-order valence-corrected chi connectivity index (χ0v) is 10.6. The fraction of sp³-hybridized carbons (Fsp3) is 0.909. The third kappa shape index (κ3) is 7.23. The summed E-state index contributed by atoms with van der Waals surface area (Å²) in [4.78, 5) is 0. The van der Waals surface area contributed by atoms with Crippen molar-refractivity contribution in [1.82, 2.24) is 5.32 Å².